The Morgan fingerprint density at radius 3 is 2.40 bits per heavy atom. The van der Waals surface area contributed by atoms with Gasteiger partial charge < -0.3 is 10.6 Å². The van der Waals surface area contributed by atoms with Crippen LogP contribution in [0.5, 0.6) is 0 Å². The molecule has 0 unspecified atom stereocenters. The van der Waals surface area contributed by atoms with Crippen LogP contribution < -0.4 is 10.6 Å². The standard InChI is InChI=1S/C28H30N2/c1-4-7-22(2)8-6-21-29-26-18-13-25(14-19-26)24-9-5-10-27(20-15-24)30-28-16-11-23(3)12-17-28/h4-8,10-21,29-30H,9H2,1-3H3/b7-4-,21-6+,22-8-. The molecule has 0 radical (unpaired) electrons. The minimum atomic E-state index is 0.914. The van der Waals surface area contributed by atoms with Gasteiger partial charge in [0, 0.05) is 23.3 Å². The maximum absolute atomic E-state index is 3.48. The molecule has 1 aliphatic rings. The van der Waals surface area contributed by atoms with E-state index < -0.39 is 0 Å². The summed E-state index contributed by atoms with van der Waals surface area (Å²) in [5, 5.41) is 6.80. The Balaban J connectivity index is 1.63. The quantitative estimate of drug-likeness (QED) is 0.468. The van der Waals surface area contributed by atoms with E-state index in [2.05, 4.69) is 109 Å². The first-order valence-electron chi connectivity index (χ1n) is 10.4. The van der Waals surface area contributed by atoms with Gasteiger partial charge >= 0.3 is 0 Å². The van der Waals surface area contributed by atoms with Crippen molar-refractivity contribution in [3.8, 4) is 0 Å². The molecule has 2 N–H and O–H groups in total. The monoisotopic (exact) mass is 394 g/mol. The zero-order valence-electron chi connectivity index (χ0n) is 18.0. The molecule has 2 aromatic carbocycles. The van der Waals surface area contributed by atoms with E-state index in [9.17, 15) is 0 Å². The van der Waals surface area contributed by atoms with Gasteiger partial charge in [-0.05, 0) is 80.8 Å². The summed E-state index contributed by atoms with van der Waals surface area (Å²) in [7, 11) is 0. The molecule has 0 amide bonds. The zero-order valence-corrected chi connectivity index (χ0v) is 18.0. The van der Waals surface area contributed by atoms with Gasteiger partial charge in [0.15, 0.2) is 0 Å². The normalized spacial score (nSPS) is 14.6. The highest BCUT2D eigenvalue weighted by Crippen LogP contribution is 2.24. The molecule has 0 bridgehead atoms. The molecule has 0 spiro atoms. The summed E-state index contributed by atoms with van der Waals surface area (Å²) in [5.74, 6) is 0. The molecule has 0 heterocycles. The fourth-order valence-corrected chi connectivity index (χ4v) is 3.17. The number of allylic oxidation sites excluding steroid dienone is 10. The summed E-state index contributed by atoms with van der Waals surface area (Å²) in [6.07, 6.45) is 19.8. The SMILES string of the molecule is C\C=C/C(C)=C\C=C\Nc1ccc(C2=CC=C(Nc3ccc(C)cc3)C=CC2)cc1. The van der Waals surface area contributed by atoms with Gasteiger partial charge in [-0.15, -0.1) is 0 Å². The molecule has 30 heavy (non-hydrogen) atoms. The average Bonchev–Trinajstić information content (AvgIpc) is 2.99. The van der Waals surface area contributed by atoms with Crippen LogP contribution >= 0.6 is 0 Å². The second-order valence-corrected chi connectivity index (χ2v) is 7.40. The van der Waals surface area contributed by atoms with Gasteiger partial charge in [0.25, 0.3) is 0 Å². The maximum atomic E-state index is 3.48. The minimum Gasteiger partial charge on any atom is -0.362 e. The van der Waals surface area contributed by atoms with Gasteiger partial charge in [0.2, 0.25) is 0 Å². The summed E-state index contributed by atoms with van der Waals surface area (Å²) < 4.78 is 0. The van der Waals surface area contributed by atoms with Crippen molar-refractivity contribution in [1.82, 2.24) is 0 Å². The Kier molecular flexibility index (Phi) is 7.68. The molecule has 0 atom stereocenters. The summed E-state index contributed by atoms with van der Waals surface area (Å²) in [5.41, 5.74) is 8.32. The van der Waals surface area contributed by atoms with Crippen LogP contribution in [0.25, 0.3) is 5.57 Å². The van der Waals surface area contributed by atoms with E-state index in [1.165, 1.54) is 22.3 Å². The van der Waals surface area contributed by atoms with Crippen molar-refractivity contribution in [3.05, 3.63) is 126 Å². The highest BCUT2D eigenvalue weighted by molar-refractivity contribution is 5.71. The number of anilines is 2. The second-order valence-electron chi connectivity index (χ2n) is 7.40. The average molecular weight is 395 g/mol. The van der Waals surface area contributed by atoms with Gasteiger partial charge in [-0.2, -0.15) is 0 Å². The predicted molar refractivity (Wildman–Crippen MR) is 132 cm³/mol. The molecule has 3 rings (SSSR count). The molecule has 152 valence electrons. The smallest absolute Gasteiger partial charge is 0.0384 e. The number of aryl methyl sites for hydroxylation is 1. The first-order chi connectivity index (χ1) is 14.6. The van der Waals surface area contributed by atoms with Crippen molar-refractivity contribution in [3.63, 3.8) is 0 Å². The molecule has 0 saturated carbocycles. The molecule has 0 saturated heterocycles. The molecule has 2 aromatic rings. The van der Waals surface area contributed by atoms with Crippen LogP contribution in [0.3, 0.4) is 0 Å². The van der Waals surface area contributed by atoms with Crippen LogP contribution in [0.4, 0.5) is 11.4 Å². The molecule has 2 nitrogen and oxygen atoms in total. The van der Waals surface area contributed by atoms with Crippen molar-refractivity contribution < 1.29 is 0 Å². The Morgan fingerprint density at radius 1 is 0.933 bits per heavy atom. The van der Waals surface area contributed by atoms with Crippen LogP contribution in [0.1, 0.15) is 31.4 Å². The first kappa shape index (κ1) is 21.2. The molecule has 0 aliphatic heterocycles. The summed E-state index contributed by atoms with van der Waals surface area (Å²) in [6, 6.07) is 17.0. The number of hydrogen-bond acceptors (Lipinski definition) is 2. The van der Waals surface area contributed by atoms with E-state index in [0.29, 0.717) is 0 Å². The lowest BCUT2D eigenvalue weighted by molar-refractivity contribution is 1.38. The van der Waals surface area contributed by atoms with Gasteiger partial charge in [-0.25, -0.2) is 0 Å². The molecular weight excluding hydrogens is 364 g/mol. The lowest BCUT2D eigenvalue weighted by Crippen LogP contribution is -1.95. The van der Waals surface area contributed by atoms with Crippen LogP contribution in [0, 0.1) is 6.92 Å². The van der Waals surface area contributed by atoms with E-state index >= 15 is 0 Å². The molecule has 0 fully saturated rings. The Bertz CT molecular complexity index is 1010. The fourth-order valence-electron chi connectivity index (χ4n) is 3.17. The van der Waals surface area contributed by atoms with Crippen LogP contribution in [0.2, 0.25) is 0 Å². The minimum absolute atomic E-state index is 0.914. The third kappa shape index (κ3) is 6.52. The first-order valence-corrected chi connectivity index (χ1v) is 10.4. The van der Waals surface area contributed by atoms with E-state index in [1.807, 2.05) is 25.3 Å². The number of benzene rings is 2. The third-order valence-electron chi connectivity index (χ3n) is 4.83. The topological polar surface area (TPSA) is 24.1 Å². The molecule has 0 aromatic heterocycles. The van der Waals surface area contributed by atoms with E-state index in [4.69, 9.17) is 0 Å². The largest absolute Gasteiger partial charge is 0.362 e. The van der Waals surface area contributed by atoms with Gasteiger partial charge in [0.1, 0.15) is 0 Å². The van der Waals surface area contributed by atoms with Crippen LogP contribution in [0.15, 0.2) is 115 Å². The highest BCUT2D eigenvalue weighted by atomic mass is 14.9. The molecule has 2 heteroatoms. The predicted octanol–water partition coefficient (Wildman–Crippen LogP) is 7.78. The highest BCUT2D eigenvalue weighted by Gasteiger charge is 2.03. The van der Waals surface area contributed by atoms with E-state index in [1.54, 1.807) is 0 Å². The van der Waals surface area contributed by atoms with Gasteiger partial charge in [-0.1, -0.05) is 65.8 Å². The van der Waals surface area contributed by atoms with Crippen molar-refractivity contribution in [1.29, 1.82) is 0 Å². The Morgan fingerprint density at radius 2 is 1.67 bits per heavy atom. The Hall–Kier alpha value is -3.52. The second kappa shape index (κ2) is 10.9. The Labute approximate surface area is 180 Å². The van der Waals surface area contributed by atoms with E-state index in [-0.39, 0.29) is 0 Å². The summed E-state index contributed by atoms with van der Waals surface area (Å²) in [4.78, 5) is 0. The molecular formula is C28H30N2. The fraction of sp³-hybridized carbons (Fsp3) is 0.143. The van der Waals surface area contributed by atoms with Crippen LogP contribution in [-0.2, 0) is 0 Å². The summed E-state index contributed by atoms with van der Waals surface area (Å²) in [6.45, 7) is 6.21. The number of nitrogens with one attached hydrogen (secondary N) is 2. The van der Waals surface area contributed by atoms with Crippen LogP contribution in [-0.4, -0.2) is 0 Å². The van der Waals surface area contributed by atoms with Gasteiger partial charge in [-0.3, -0.25) is 0 Å². The lowest BCUT2D eigenvalue weighted by atomic mass is 10.0. The van der Waals surface area contributed by atoms with Crippen molar-refractivity contribution in [2.45, 2.75) is 27.2 Å². The zero-order chi connectivity index (χ0) is 21.2. The van der Waals surface area contributed by atoms with Crippen molar-refractivity contribution in [2.75, 3.05) is 10.6 Å². The number of hydrogen-bond donors (Lipinski definition) is 2. The third-order valence-corrected chi connectivity index (χ3v) is 4.83. The number of rotatable bonds is 7. The van der Waals surface area contributed by atoms with Gasteiger partial charge in [0.05, 0.1) is 0 Å². The van der Waals surface area contributed by atoms with Crippen molar-refractivity contribution >= 4 is 16.9 Å². The summed E-state index contributed by atoms with van der Waals surface area (Å²) >= 11 is 0. The molecule has 1 aliphatic carbocycles. The van der Waals surface area contributed by atoms with E-state index in [0.717, 1.165) is 23.5 Å². The van der Waals surface area contributed by atoms with Crippen molar-refractivity contribution in [2.24, 2.45) is 0 Å². The maximum Gasteiger partial charge on any atom is 0.0384 e. The lowest BCUT2D eigenvalue weighted by Gasteiger charge is -2.06.